The lowest BCUT2D eigenvalue weighted by Gasteiger charge is -2.18. The number of carbonyl (C=O) groups is 1. The van der Waals surface area contributed by atoms with E-state index in [1.54, 1.807) is 25.3 Å². The number of para-hydroxylation sites is 2. The summed E-state index contributed by atoms with van der Waals surface area (Å²) in [7, 11) is 1.55. The van der Waals surface area contributed by atoms with Crippen LogP contribution in [0.15, 0.2) is 42.5 Å². The fourth-order valence-electron chi connectivity index (χ4n) is 3.20. The molecule has 0 bridgehead atoms. The molecular formula is C21H25ClN4O2. The van der Waals surface area contributed by atoms with E-state index in [1.807, 2.05) is 25.1 Å². The van der Waals surface area contributed by atoms with E-state index in [-0.39, 0.29) is 24.5 Å². The van der Waals surface area contributed by atoms with E-state index < -0.39 is 0 Å². The van der Waals surface area contributed by atoms with Crippen LogP contribution in [0.3, 0.4) is 0 Å². The first-order chi connectivity index (χ1) is 13.4. The highest BCUT2D eigenvalue weighted by atomic mass is 35.5. The first-order valence-electron chi connectivity index (χ1n) is 9.24. The molecule has 2 N–H and O–H groups in total. The van der Waals surface area contributed by atoms with Gasteiger partial charge in [0.2, 0.25) is 5.91 Å². The van der Waals surface area contributed by atoms with Crippen LogP contribution in [-0.4, -0.2) is 29.1 Å². The number of imidazole rings is 1. The Balaban J connectivity index is 1.68. The summed E-state index contributed by atoms with van der Waals surface area (Å²) in [6.07, 6.45) is 0. The Morgan fingerprint density at radius 2 is 1.96 bits per heavy atom. The van der Waals surface area contributed by atoms with E-state index >= 15 is 0 Å². The van der Waals surface area contributed by atoms with Gasteiger partial charge in [-0.3, -0.25) is 10.1 Å². The van der Waals surface area contributed by atoms with Gasteiger partial charge in [0, 0.05) is 11.7 Å². The van der Waals surface area contributed by atoms with Gasteiger partial charge >= 0.3 is 0 Å². The quantitative estimate of drug-likeness (QED) is 0.609. The molecule has 0 fully saturated rings. The third-order valence-electron chi connectivity index (χ3n) is 4.53. The number of nitrogens with one attached hydrogen (secondary N) is 2. The second kappa shape index (κ2) is 8.63. The van der Waals surface area contributed by atoms with Crippen LogP contribution in [0, 0.1) is 0 Å². The van der Waals surface area contributed by atoms with Gasteiger partial charge < -0.3 is 14.6 Å². The number of amides is 1. The number of hydrogen-bond donors (Lipinski definition) is 2. The molecule has 7 heteroatoms. The van der Waals surface area contributed by atoms with Crippen LogP contribution in [0.25, 0.3) is 11.0 Å². The third-order valence-corrected chi connectivity index (χ3v) is 4.83. The first kappa shape index (κ1) is 20.2. The van der Waals surface area contributed by atoms with E-state index in [4.69, 9.17) is 21.3 Å². The van der Waals surface area contributed by atoms with Crippen LogP contribution < -0.4 is 15.4 Å². The summed E-state index contributed by atoms with van der Waals surface area (Å²) in [5.41, 5.74) is 2.68. The van der Waals surface area contributed by atoms with Gasteiger partial charge in [-0.05, 0) is 51.1 Å². The van der Waals surface area contributed by atoms with Crippen molar-refractivity contribution in [2.45, 2.75) is 32.9 Å². The Morgan fingerprint density at radius 1 is 1.21 bits per heavy atom. The zero-order valence-corrected chi connectivity index (χ0v) is 17.2. The number of halogens is 1. The molecule has 3 aromatic rings. The Kier molecular flexibility index (Phi) is 6.21. The van der Waals surface area contributed by atoms with E-state index in [0.29, 0.717) is 16.5 Å². The number of nitrogens with zero attached hydrogens (tertiary/aromatic N) is 2. The van der Waals surface area contributed by atoms with Gasteiger partial charge in [0.25, 0.3) is 0 Å². The van der Waals surface area contributed by atoms with Crippen molar-refractivity contribution in [2.75, 3.05) is 19.0 Å². The number of methoxy groups -OCH3 is 1. The van der Waals surface area contributed by atoms with Crippen LogP contribution in [0.5, 0.6) is 5.75 Å². The largest absolute Gasteiger partial charge is 0.495 e. The molecule has 0 spiro atoms. The summed E-state index contributed by atoms with van der Waals surface area (Å²) < 4.78 is 7.32. The minimum absolute atomic E-state index is 0.0833. The minimum Gasteiger partial charge on any atom is -0.495 e. The summed E-state index contributed by atoms with van der Waals surface area (Å²) in [6.45, 7) is 6.43. The smallest absolute Gasteiger partial charge is 0.238 e. The number of carbonyl (C=O) groups excluding carboxylic acids is 1. The van der Waals surface area contributed by atoms with Gasteiger partial charge in [-0.1, -0.05) is 23.7 Å². The maximum Gasteiger partial charge on any atom is 0.238 e. The first-order valence-corrected chi connectivity index (χ1v) is 9.62. The van der Waals surface area contributed by atoms with Crippen LogP contribution in [0.4, 0.5) is 5.69 Å². The van der Waals surface area contributed by atoms with E-state index in [2.05, 4.69) is 35.1 Å². The molecule has 3 rings (SSSR count). The second-order valence-corrected chi connectivity index (χ2v) is 7.33. The molecule has 1 atom stereocenters. The Labute approximate surface area is 169 Å². The standard InChI is InChI=1S/C21H25ClN4O2/c1-13(2)26-18-8-6-5-7-17(18)25-21(26)14(3)23-12-20(27)24-15-9-10-19(28-4)16(22)11-15/h5-11,13-14,23H,12H2,1-4H3,(H,24,27)/t14-/m0/s1. The molecule has 0 saturated carbocycles. The highest BCUT2D eigenvalue weighted by Crippen LogP contribution is 2.27. The Bertz CT molecular complexity index is 984. The molecule has 2 aromatic carbocycles. The summed E-state index contributed by atoms with van der Waals surface area (Å²) in [6, 6.07) is 13.4. The van der Waals surface area contributed by atoms with E-state index in [0.717, 1.165) is 16.9 Å². The fraction of sp³-hybridized carbons (Fsp3) is 0.333. The maximum atomic E-state index is 12.3. The number of rotatable bonds is 7. The maximum absolute atomic E-state index is 12.3. The average molecular weight is 401 g/mol. The zero-order valence-electron chi connectivity index (χ0n) is 16.5. The second-order valence-electron chi connectivity index (χ2n) is 6.92. The lowest BCUT2D eigenvalue weighted by molar-refractivity contribution is -0.115. The van der Waals surface area contributed by atoms with Crippen molar-refractivity contribution in [1.29, 1.82) is 0 Å². The van der Waals surface area contributed by atoms with Gasteiger partial charge in [0.05, 0.1) is 35.8 Å². The predicted octanol–water partition coefficient (Wildman–Crippen LogP) is 4.57. The molecule has 0 saturated heterocycles. The lowest BCUT2D eigenvalue weighted by atomic mass is 10.2. The fourth-order valence-corrected chi connectivity index (χ4v) is 3.46. The minimum atomic E-state index is -0.153. The summed E-state index contributed by atoms with van der Waals surface area (Å²) >= 11 is 6.10. The van der Waals surface area contributed by atoms with Crippen molar-refractivity contribution in [3.63, 3.8) is 0 Å². The Hall–Kier alpha value is -2.57. The van der Waals surface area contributed by atoms with Crippen molar-refractivity contribution in [1.82, 2.24) is 14.9 Å². The number of anilines is 1. The van der Waals surface area contributed by atoms with Crippen molar-refractivity contribution in [2.24, 2.45) is 0 Å². The monoisotopic (exact) mass is 400 g/mol. The average Bonchev–Trinajstić information content (AvgIpc) is 3.06. The van der Waals surface area contributed by atoms with Crippen LogP contribution in [0.2, 0.25) is 5.02 Å². The zero-order chi connectivity index (χ0) is 20.3. The van der Waals surface area contributed by atoms with Crippen molar-refractivity contribution < 1.29 is 9.53 Å². The molecule has 148 valence electrons. The molecule has 0 unspecified atom stereocenters. The van der Waals surface area contributed by atoms with Gasteiger partial charge in [-0.15, -0.1) is 0 Å². The number of ether oxygens (including phenoxy) is 1. The van der Waals surface area contributed by atoms with Crippen LogP contribution >= 0.6 is 11.6 Å². The van der Waals surface area contributed by atoms with E-state index in [1.165, 1.54) is 0 Å². The third kappa shape index (κ3) is 4.29. The summed E-state index contributed by atoms with van der Waals surface area (Å²) in [5.74, 6) is 1.33. The number of fused-ring (bicyclic) bond motifs is 1. The molecule has 0 aliphatic heterocycles. The van der Waals surface area contributed by atoms with Gasteiger partial charge in [0.1, 0.15) is 11.6 Å². The molecule has 1 heterocycles. The molecule has 0 aliphatic rings. The molecular weight excluding hydrogens is 376 g/mol. The van der Waals surface area contributed by atoms with Gasteiger partial charge in [0.15, 0.2) is 0 Å². The van der Waals surface area contributed by atoms with Crippen molar-refractivity contribution in [3.05, 3.63) is 53.3 Å². The molecule has 6 nitrogen and oxygen atoms in total. The number of hydrogen-bond acceptors (Lipinski definition) is 4. The summed E-state index contributed by atoms with van der Waals surface area (Å²) in [5, 5.41) is 6.55. The molecule has 0 radical (unpaired) electrons. The van der Waals surface area contributed by atoms with Gasteiger partial charge in [-0.2, -0.15) is 0 Å². The van der Waals surface area contributed by atoms with Crippen molar-refractivity contribution in [3.8, 4) is 5.75 Å². The van der Waals surface area contributed by atoms with Crippen LogP contribution in [0.1, 0.15) is 38.7 Å². The van der Waals surface area contributed by atoms with Crippen LogP contribution in [-0.2, 0) is 4.79 Å². The molecule has 1 aromatic heterocycles. The highest BCUT2D eigenvalue weighted by molar-refractivity contribution is 6.32. The molecule has 0 aliphatic carbocycles. The summed E-state index contributed by atoms with van der Waals surface area (Å²) in [4.78, 5) is 17.1. The van der Waals surface area contributed by atoms with Crippen molar-refractivity contribution >= 4 is 34.2 Å². The lowest BCUT2D eigenvalue weighted by Crippen LogP contribution is -2.31. The van der Waals surface area contributed by atoms with E-state index in [9.17, 15) is 4.79 Å². The molecule has 28 heavy (non-hydrogen) atoms. The topological polar surface area (TPSA) is 68.2 Å². The SMILES string of the molecule is COc1ccc(NC(=O)CN[C@@H](C)c2nc3ccccc3n2C(C)C)cc1Cl. The number of aromatic nitrogens is 2. The molecule has 1 amide bonds. The predicted molar refractivity (Wildman–Crippen MR) is 113 cm³/mol. The van der Waals surface area contributed by atoms with Gasteiger partial charge in [-0.25, -0.2) is 4.98 Å². The number of benzene rings is 2. The Morgan fingerprint density at radius 3 is 2.64 bits per heavy atom. The normalized spacial score (nSPS) is 12.4. The highest BCUT2D eigenvalue weighted by Gasteiger charge is 2.18.